The van der Waals surface area contributed by atoms with Crippen LogP contribution >= 0.6 is 0 Å². The molecule has 3 heterocycles. The van der Waals surface area contributed by atoms with Crippen LogP contribution in [-0.2, 0) is 19.5 Å². The van der Waals surface area contributed by atoms with Crippen molar-refractivity contribution in [3.05, 3.63) is 0 Å². The minimum absolute atomic E-state index is 0.127. The van der Waals surface area contributed by atoms with Gasteiger partial charge in [0.25, 0.3) is 0 Å². The Hall–Kier alpha value is -0.250. The number of hydrogen-bond acceptors (Lipinski definition) is 6. The van der Waals surface area contributed by atoms with E-state index in [0.29, 0.717) is 12.6 Å². The monoisotopic (exact) mass is 375 g/mol. The summed E-state index contributed by atoms with van der Waals surface area (Å²) in [6.07, 6.45) is 5.34. The molecule has 7 nitrogen and oxygen atoms in total. The van der Waals surface area contributed by atoms with Crippen LogP contribution in [-0.4, -0.2) is 107 Å². The molecule has 3 aliphatic heterocycles. The molecular weight excluding hydrogens is 342 g/mol. The number of likely N-dealkylation sites (tertiary alicyclic amines) is 1. The van der Waals surface area contributed by atoms with Crippen LogP contribution in [0.3, 0.4) is 0 Å². The maximum atomic E-state index is 12.3. The Balaban J connectivity index is 1.50. The van der Waals surface area contributed by atoms with Crippen molar-refractivity contribution in [3.8, 4) is 0 Å². The number of ether oxygens (including phenoxy) is 2. The van der Waals surface area contributed by atoms with Gasteiger partial charge in [-0.25, -0.2) is 8.42 Å². The van der Waals surface area contributed by atoms with E-state index in [0.717, 1.165) is 84.8 Å². The molecule has 1 unspecified atom stereocenters. The maximum absolute atomic E-state index is 12.3. The lowest BCUT2D eigenvalue weighted by Crippen LogP contribution is -2.45. The first-order valence-electron chi connectivity index (χ1n) is 9.63. The van der Waals surface area contributed by atoms with Crippen molar-refractivity contribution in [3.63, 3.8) is 0 Å². The molecule has 3 fully saturated rings. The molecule has 0 bridgehead atoms. The van der Waals surface area contributed by atoms with E-state index >= 15 is 0 Å². The molecule has 0 aromatic carbocycles. The van der Waals surface area contributed by atoms with Crippen LogP contribution in [0.4, 0.5) is 0 Å². The van der Waals surface area contributed by atoms with Crippen LogP contribution in [0, 0.1) is 0 Å². The minimum atomic E-state index is -3.17. The van der Waals surface area contributed by atoms with E-state index in [2.05, 4.69) is 9.80 Å². The second kappa shape index (κ2) is 9.10. The molecule has 0 spiro atoms. The Morgan fingerprint density at radius 2 is 1.68 bits per heavy atom. The summed E-state index contributed by atoms with van der Waals surface area (Å²) in [5.41, 5.74) is 0. The normalized spacial score (nSPS) is 28.0. The highest BCUT2D eigenvalue weighted by Gasteiger charge is 2.35. The van der Waals surface area contributed by atoms with Gasteiger partial charge in [-0.1, -0.05) is 0 Å². The van der Waals surface area contributed by atoms with E-state index in [1.54, 1.807) is 4.31 Å². The van der Waals surface area contributed by atoms with Gasteiger partial charge in [0.2, 0.25) is 10.0 Å². The molecule has 3 aliphatic rings. The van der Waals surface area contributed by atoms with E-state index in [-0.39, 0.29) is 6.04 Å². The van der Waals surface area contributed by atoms with Gasteiger partial charge in [0, 0.05) is 58.0 Å². The topological polar surface area (TPSA) is 62.3 Å². The molecule has 0 radical (unpaired) electrons. The lowest BCUT2D eigenvalue weighted by atomic mass is 10.1. The molecule has 1 atom stereocenters. The largest absolute Gasteiger partial charge is 0.381 e. The molecular formula is C17H33N3O4S. The third kappa shape index (κ3) is 5.61. The lowest BCUT2D eigenvalue weighted by Gasteiger charge is -2.33. The zero-order valence-electron chi connectivity index (χ0n) is 15.4. The van der Waals surface area contributed by atoms with Gasteiger partial charge in [-0.05, 0) is 32.2 Å². The highest BCUT2D eigenvalue weighted by Crippen LogP contribution is 2.24. The first kappa shape index (κ1) is 19.5. The highest BCUT2D eigenvalue weighted by atomic mass is 32.2. The van der Waals surface area contributed by atoms with Gasteiger partial charge >= 0.3 is 0 Å². The third-order valence-corrected chi connectivity index (χ3v) is 7.02. The maximum Gasteiger partial charge on any atom is 0.211 e. The number of sulfonamides is 1. The summed E-state index contributed by atoms with van der Waals surface area (Å²) in [6, 6.07) is 0.691. The van der Waals surface area contributed by atoms with Crippen LogP contribution in [0.15, 0.2) is 0 Å². The van der Waals surface area contributed by atoms with Gasteiger partial charge < -0.3 is 9.47 Å². The zero-order valence-corrected chi connectivity index (χ0v) is 16.3. The van der Waals surface area contributed by atoms with Crippen LogP contribution < -0.4 is 0 Å². The van der Waals surface area contributed by atoms with Gasteiger partial charge in [-0.2, -0.15) is 4.31 Å². The smallest absolute Gasteiger partial charge is 0.211 e. The van der Waals surface area contributed by atoms with E-state index < -0.39 is 10.0 Å². The molecule has 0 N–H and O–H groups in total. The summed E-state index contributed by atoms with van der Waals surface area (Å²) >= 11 is 0. The van der Waals surface area contributed by atoms with E-state index in [4.69, 9.17) is 9.47 Å². The van der Waals surface area contributed by atoms with Crippen LogP contribution in [0.25, 0.3) is 0 Å². The van der Waals surface area contributed by atoms with Crippen molar-refractivity contribution in [2.45, 2.75) is 37.8 Å². The van der Waals surface area contributed by atoms with Gasteiger partial charge in [0.15, 0.2) is 0 Å². The predicted octanol–water partition coefficient (Wildman–Crippen LogP) is 0.224. The molecule has 0 aromatic heterocycles. The predicted molar refractivity (Wildman–Crippen MR) is 97.2 cm³/mol. The second-order valence-corrected chi connectivity index (χ2v) is 9.40. The minimum Gasteiger partial charge on any atom is -0.381 e. The molecule has 0 amide bonds. The fraction of sp³-hybridized carbons (Fsp3) is 1.00. The summed E-state index contributed by atoms with van der Waals surface area (Å²) in [5, 5.41) is 0. The molecule has 8 heteroatoms. The summed E-state index contributed by atoms with van der Waals surface area (Å²) < 4.78 is 37.3. The average molecular weight is 376 g/mol. The van der Waals surface area contributed by atoms with Gasteiger partial charge in [-0.3, -0.25) is 9.80 Å². The van der Waals surface area contributed by atoms with Crippen molar-refractivity contribution in [1.29, 1.82) is 0 Å². The zero-order chi connectivity index (χ0) is 17.7. The Morgan fingerprint density at radius 3 is 2.36 bits per heavy atom. The Labute approximate surface area is 152 Å². The standard InChI is InChI=1S/C17H33N3O4S/c1-25(21,22)20(7-2-6-18-9-13-24-14-10-18)17-3-8-19(15-17)16-4-11-23-12-5-16/h16-17H,2-15H2,1H3. The summed E-state index contributed by atoms with van der Waals surface area (Å²) in [4.78, 5) is 4.85. The Kier molecular flexibility index (Phi) is 7.10. The molecule has 3 saturated heterocycles. The van der Waals surface area contributed by atoms with Gasteiger partial charge in [-0.15, -0.1) is 0 Å². The fourth-order valence-corrected chi connectivity index (χ4v) is 5.45. The van der Waals surface area contributed by atoms with E-state index in [1.165, 1.54) is 6.26 Å². The van der Waals surface area contributed by atoms with Crippen LogP contribution in [0.5, 0.6) is 0 Å². The quantitative estimate of drug-likeness (QED) is 0.635. The SMILES string of the molecule is CS(=O)(=O)N(CCCN1CCOCC1)C1CCN(C2CCOCC2)C1. The lowest BCUT2D eigenvalue weighted by molar-refractivity contribution is 0.0361. The van der Waals surface area contributed by atoms with Crippen molar-refractivity contribution < 1.29 is 17.9 Å². The molecule has 0 aliphatic carbocycles. The number of morpholine rings is 1. The Bertz CT molecular complexity index is 504. The molecule has 0 aromatic rings. The van der Waals surface area contributed by atoms with Crippen molar-refractivity contribution in [1.82, 2.24) is 14.1 Å². The van der Waals surface area contributed by atoms with Crippen molar-refractivity contribution in [2.75, 3.05) is 72.0 Å². The number of nitrogens with zero attached hydrogens (tertiary/aromatic N) is 3. The fourth-order valence-electron chi connectivity index (χ4n) is 4.28. The van der Waals surface area contributed by atoms with Crippen molar-refractivity contribution in [2.24, 2.45) is 0 Å². The van der Waals surface area contributed by atoms with E-state index in [9.17, 15) is 8.42 Å². The molecule has 3 rings (SSSR count). The average Bonchev–Trinajstić information content (AvgIpc) is 3.09. The summed E-state index contributed by atoms with van der Waals surface area (Å²) in [7, 11) is -3.17. The second-order valence-electron chi connectivity index (χ2n) is 7.46. The molecule has 146 valence electrons. The highest BCUT2D eigenvalue weighted by molar-refractivity contribution is 7.88. The summed E-state index contributed by atoms with van der Waals surface area (Å²) in [6.45, 7) is 8.62. The first-order valence-corrected chi connectivity index (χ1v) is 11.5. The Morgan fingerprint density at radius 1 is 1.00 bits per heavy atom. The van der Waals surface area contributed by atoms with Crippen LogP contribution in [0.2, 0.25) is 0 Å². The van der Waals surface area contributed by atoms with Crippen LogP contribution in [0.1, 0.15) is 25.7 Å². The van der Waals surface area contributed by atoms with E-state index in [1.807, 2.05) is 0 Å². The van der Waals surface area contributed by atoms with Gasteiger partial charge in [0.05, 0.1) is 19.5 Å². The van der Waals surface area contributed by atoms with Crippen molar-refractivity contribution >= 4 is 10.0 Å². The number of hydrogen-bond donors (Lipinski definition) is 0. The number of rotatable bonds is 7. The summed E-state index contributed by atoms with van der Waals surface area (Å²) in [5.74, 6) is 0. The first-order chi connectivity index (χ1) is 12.0. The molecule has 25 heavy (non-hydrogen) atoms. The molecule has 0 saturated carbocycles. The van der Waals surface area contributed by atoms with Gasteiger partial charge in [0.1, 0.15) is 0 Å². The third-order valence-electron chi connectivity index (χ3n) is 5.69.